The molecule has 0 spiro atoms. The maximum atomic E-state index is 12.7. The van der Waals surface area contributed by atoms with Crippen molar-refractivity contribution in [3.05, 3.63) is 53.7 Å². The van der Waals surface area contributed by atoms with E-state index in [1.54, 1.807) is 11.3 Å². The van der Waals surface area contributed by atoms with Crippen LogP contribution >= 0.6 is 11.3 Å². The van der Waals surface area contributed by atoms with Crippen LogP contribution < -0.4 is 10.1 Å². The number of benzene rings is 2. The lowest BCUT2D eigenvalue weighted by Gasteiger charge is -2.15. The van der Waals surface area contributed by atoms with Crippen LogP contribution in [0.3, 0.4) is 0 Å². The van der Waals surface area contributed by atoms with Gasteiger partial charge in [0.15, 0.2) is 0 Å². The van der Waals surface area contributed by atoms with Crippen molar-refractivity contribution in [2.45, 2.75) is 6.92 Å². The van der Waals surface area contributed by atoms with E-state index >= 15 is 0 Å². The number of anilines is 1. The first-order valence-electron chi connectivity index (χ1n) is 10.2. The van der Waals surface area contributed by atoms with Gasteiger partial charge < -0.3 is 24.8 Å². The second kappa shape index (κ2) is 9.37. The van der Waals surface area contributed by atoms with E-state index < -0.39 is 5.97 Å². The Morgan fingerprint density at radius 3 is 2.72 bits per heavy atom. The zero-order valence-electron chi connectivity index (χ0n) is 17.8. The van der Waals surface area contributed by atoms with E-state index in [2.05, 4.69) is 5.32 Å². The van der Waals surface area contributed by atoms with Gasteiger partial charge in [-0.15, -0.1) is 11.3 Å². The van der Waals surface area contributed by atoms with Crippen molar-refractivity contribution in [3.63, 3.8) is 0 Å². The smallest absolute Gasteiger partial charge is 0.337 e. The molecule has 0 aliphatic carbocycles. The molecule has 0 saturated heterocycles. The molecule has 1 aliphatic rings. The van der Waals surface area contributed by atoms with Crippen molar-refractivity contribution in [1.82, 2.24) is 9.88 Å². The topological polar surface area (TPSA) is 101 Å². The van der Waals surface area contributed by atoms with Gasteiger partial charge in [-0.2, -0.15) is 0 Å². The minimum Gasteiger partial charge on any atom is -0.494 e. The number of ether oxygens (including phenoxy) is 2. The highest BCUT2D eigenvalue weighted by atomic mass is 32.1. The molecule has 1 aromatic heterocycles. The summed E-state index contributed by atoms with van der Waals surface area (Å²) < 4.78 is 11.4. The molecule has 166 valence electrons. The molecule has 2 aromatic carbocycles. The van der Waals surface area contributed by atoms with Crippen LogP contribution in [0.1, 0.15) is 6.92 Å². The van der Waals surface area contributed by atoms with E-state index in [1.165, 1.54) is 12.0 Å². The van der Waals surface area contributed by atoms with Crippen LogP contribution in [-0.2, 0) is 14.3 Å². The average Bonchev–Trinajstić information content (AvgIpc) is 3.36. The summed E-state index contributed by atoms with van der Waals surface area (Å²) in [6.45, 7) is 2.62. The fourth-order valence-corrected chi connectivity index (χ4v) is 4.47. The molecule has 0 unspecified atom stereocenters. The Kier molecular flexibility index (Phi) is 6.38. The number of β-amino-alcohol motifs (C(OH)–C–C–N with tert-alkyl or cyclic N) is 1. The SMILES string of the molecule is CCOc1ccc2nc(-c3ccc(NC4=C(C(=O)OC)CN(CCO)C4=O)cc3)sc2c1. The van der Waals surface area contributed by atoms with E-state index in [4.69, 9.17) is 14.5 Å². The van der Waals surface area contributed by atoms with Gasteiger partial charge in [-0.1, -0.05) is 0 Å². The summed E-state index contributed by atoms with van der Waals surface area (Å²) in [5, 5.41) is 13.1. The van der Waals surface area contributed by atoms with Gasteiger partial charge in [0.2, 0.25) is 0 Å². The van der Waals surface area contributed by atoms with E-state index in [1.807, 2.05) is 49.4 Å². The number of aliphatic hydroxyl groups excluding tert-OH is 1. The minimum atomic E-state index is -0.571. The zero-order valence-corrected chi connectivity index (χ0v) is 18.6. The summed E-state index contributed by atoms with van der Waals surface area (Å²) in [5.41, 5.74) is 2.91. The van der Waals surface area contributed by atoms with Gasteiger partial charge in [-0.05, 0) is 49.4 Å². The third kappa shape index (κ3) is 4.30. The monoisotopic (exact) mass is 453 g/mol. The number of hydrogen-bond acceptors (Lipinski definition) is 8. The number of fused-ring (bicyclic) bond motifs is 1. The molecule has 8 nitrogen and oxygen atoms in total. The number of carbonyl (C=O) groups is 2. The molecule has 1 amide bonds. The maximum Gasteiger partial charge on any atom is 0.337 e. The van der Waals surface area contributed by atoms with Crippen LogP contribution in [0.2, 0.25) is 0 Å². The van der Waals surface area contributed by atoms with Crippen molar-refractivity contribution in [2.24, 2.45) is 0 Å². The second-order valence-corrected chi connectivity index (χ2v) is 8.11. The van der Waals surface area contributed by atoms with Gasteiger partial charge in [-0.25, -0.2) is 9.78 Å². The van der Waals surface area contributed by atoms with Crippen molar-refractivity contribution in [1.29, 1.82) is 0 Å². The zero-order chi connectivity index (χ0) is 22.7. The lowest BCUT2D eigenvalue weighted by molar-refractivity contribution is -0.136. The number of aliphatic hydroxyl groups is 1. The quantitative estimate of drug-likeness (QED) is 0.506. The highest BCUT2D eigenvalue weighted by Crippen LogP contribution is 2.33. The van der Waals surface area contributed by atoms with Crippen molar-refractivity contribution >= 4 is 39.1 Å². The van der Waals surface area contributed by atoms with Crippen molar-refractivity contribution in [3.8, 4) is 16.3 Å². The van der Waals surface area contributed by atoms with Crippen LogP contribution in [0.15, 0.2) is 53.7 Å². The van der Waals surface area contributed by atoms with E-state index in [0.717, 1.165) is 26.5 Å². The molecule has 0 radical (unpaired) electrons. The van der Waals surface area contributed by atoms with Gasteiger partial charge in [0, 0.05) is 17.8 Å². The van der Waals surface area contributed by atoms with Gasteiger partial charge in [-0.3, -0.25) is 4.79 Å². The van der Waals surface area contributed by atoms with Gasteiger partial charge >= 0.3 is 5.97 Å². The molecule has 0 fully saturated rings. The first kappa shape index (κ1) is 21.8. The first-order valence-corrected chi connectivity index (χ1v) is 11.0. The number of thiazole rings is 1. The van der Waals surface area contributed by atoms with Crippen LogP contribution in [0, 0.1) is 0 Å². The highest BCUT2D eigenvalue weighted by Gasteiger charge is 2.34. The van der Waals surface area contributed by atoms with Crippen LogP contribution in [0.25, 0.3) is 20.8 Å². The van der Waals surface area contributed by atoms with Crippen LogP contribution in [0.4, 0.5) is 5.69 Å². The summed E-state index contributed by atoms with van der Waals surface area (Å²) >= 11 is 1.58. The molecule has 32 heavy (non-hydrogen) atoms. The normalized spacial score (nSPS) is 13.7. The molecule has 1 aliphatic heterocycles. The predicted octanol–water partition coefficient (Wildman–Crippen LogP) is 3.04. The number of hydrogen-bond donors (Lipinski definition) is 2. The summed E-state index contributed by atoms with van der Waals surface area (Å²) in [4.78, 5) is 30.9. The van der Waals surface area contributed by atoms with Crippen LogP contribution in [-0.4, -0.2) is 60.3 Å². The first-order chi connectivity index (χ1) is 15.5. The average molecular weight is 454 g/mol. The number of nitrogens with zero attached hydrogens (tertiary/aromatic N) is 2. The molecule has 0 saturated carbocycles. The molecule has 0 atom stereocenters. The fourth-order valence-electron chi connectivity index (χ4n) is 3.47. The van der Waals surface area contributed by atoms with Crippen molar-refractivity contribution in [2.75, 3.05) is 38.7 Å². The Morgan fingerprint density at radius 2 is 2.03 bits per heavy atom. The number of aromatic nitrogens is 1. The fraction of sp³-hybridized carbons (Fsp3) is 0.261. The molecule has 4 rings (SSSR count). The second-order valence-electron chi connectivity index (χ2n) is 7.08. The molecule has 2 N–H and O–H groups in total. The lowest BCUT2D eigenvalue weighted by Crippen LogP contribution is -2.31. The third-order valence-corrected chi connectivity index (χ3v) is 6.09. The third-order valence-electron chi connectivity index (χ3n) is 5.03. The summed E-state index contributed by atoms with van der Waals surface area (Å²) in [5.74, 6) is -0.0977. The number of carbonyl (C=O) groups excluding carboxylic acids is 2. The number of methoxy groups -OCH3 is 1. The van der Waals surface area contributed by atoms with Gasteiger partial charge in [0.1, 0.15) is 16.5 Å². The summed E-state index contributed by atoms with van der Waals surface area (Å²) in [6, 6.07) is 13.3. The molecular weight excluding hydrogens is 430 g/mol. The maximum absolute atomic E-state index is 12.7. The van der Waals surface area contributed by atoms with Gasteiger partial charge in [0.05, 0.1) is 42.7 Å². The van der Waals surface area contributed by atoms with E-state index in [9.17, 15) is 14.7 Å². The Bertz CT molecular complexity index is 1190. The Hall–Kier alpha value is -3.43. The van der Waals surface area contributed by atoms with Crippen LogP contribution in [0.5, 0.6) is 5.75 Å². The standard InChI is InChI=1S/C23H23N3O5S/c1-3-31-16-8-9-18-19(12-16)32-21(25-18)14-4-6-15(7-5-14)24-20-17(23(29)30-2)13-26(10-11-27)22(20)28/h4-9,12,24,27H,3,10-11,13H2,1-2H3. The number of amides is 1. The minimum absolute atomic E-state index is 0.0991. The largest absolute Gasteiger partial charge is 0.494 e. The Labute approximate surface area is 189 Å². The number of esters is 1. The highest BCUT2D eigenvalue weighted by molar-refractivity contribution is 7.21. The van der Waals surface area contributed by atoms with Gasteiger partial charge in [0.25, 0.3) is 5.91 Å². The molecular formula is C23H23N3O5S. The summed E-state index contributed by atoms with van der Waals surface area (Å²) in [7, 11) is 1.27. The van der Waals surface area contributed by atoms with E-state index in [0.29, 0.717) is 12.3 Å². The Morgan fingerprint density at radius 1 is 1.25 bits per heavy atom. The molecule has 0 bridgehead atoms. The number of nitrogens with one attached hydrogen (secondary N) is 1. The van der Waals surface area contributed by atoms with E-state index in [-0.39, 0.29) is 36.9 Å². The molecule has 9 heteroatoms. The van der Waals surface area contributed by atoms with Crippen molar-refractivity contribution < 1.29 is 24.2 Å². The Balaban J connectivity index is 1.56. The molecule has 3 aromatic rings. The predicted molar refractivity (Wildman–Crippen MR) is 123 cm³/mol. The number of rotatable bonds is 8. The summed E-state index contributed by atoms with van der Waals surface area (Å²) in [6.07, 6.45) is 0. The molecule has 2 heterocycles. The lowest BCUT2D eigenvalue weighted by atomic mass is 10.2.